The van der Waals surface area contributed by atoms with Crippen LogP contribution >= 0.6 is 0 Å². The smallest absolute Gasteiger partial charge is 0.123 e. The van der Waals surface area contributed by atoms with Gasteiger partial charge in [-0.05, 0) is 24.6 Å². The van der Waals surface area contributed by atoms with Gasteiger partial charge in [-0.25, -0.2) is 4.39 Å². The molecule has 0 radical (unpaired) electrons. The lowest BCUT2D eigenvalue weighted by molar-refractivity contribution is 0.609. The standard InChI is InChI=1S/C11H9FN2/c1-11(8-14,6-7-13)9-2-4-10(12)5-3-9/h2-5H,6H2,1H3. The molecule has 0 saturated carbocycles. The van der Waals surface area contributed by atoms with Crippen molar-refractivity contribution in [3.05, 3.63) is 35.6 Å². The van der Waals surface area contributed by atoms with Crippen LogP contribution in [0.1, 0.15) is 18.9 Å². The van der Waals surface area contributed by atoms with Gasteiger partial charge in [0.1, 0.15) is 5.82 Å². The quantitative estimate of drug-likeness (QED) is 0.715. The van der Waals surface area contributed by atoms with Crippen LogP contribution in [-0.2, 0) is 5.41 Å². The topological polar surface area (TPSA) is 47.6 Å². The normalized spacial score (nSPS) is 13.7. The predicted octanol–water partition coefficient (Wildman–Crippen LogP) is 2.52. The van der Waals surface area contributed by atoms with Crippen molar-refractivity contribution in [2.45, 2.75) is 18.8 Å². The highest BCUT2D eigenvalue weighted by atomic mass is 19.1. The highest BCUT2D eigenvalue weighted by Gasteiger charge is 2.25. The SMILES string of the molecule is CC(C#N)(CC#N)c1ccc(F)cc1. The summed E-state index contributed by atoms with van der Waals surface area (Å²) in [5.41, 5.74) is -0.175. The zero-order valence-corrected chi connectivity index (χ0v) is 7.79. The molecule has 0 spiro atoms. The Morgan fingerprint density at radius 2 is 1.86 bits per heavy atom. The van der Waals surface area contributed by atoms with Crippen molar-refractivity contribution in [3.63, 3.8) is 0 Å². The van der Waals surface area contributed by atoms with Crippen LogP contribution in [0.15, 0.2) is 24.3 Å². The van der Waals surface area contributed by atoms with Crippen molar-refractivity contribution in [1.29, 1.82) is 10.5 Å². The Balaban J connectivity index is 3.09. The maximum absolute atomic E-state index is 12.6. The van der Waals surface area contributed by atoms with E-state index in [0.717, 1.165) is 0 Å². The zero-order valence-electron chi connectivity index (χ0n) is 7.79. The highest BCUT2D eigenvalue weighted by Crippen LogP contribution is 2.26. The van der Waals surface area contributed by atoms with E-state index < -0.39 is 5.41 Å². The van der Waals surface area contributed by atoms with Gasteiger partial charge in [0.25, 0.3) is 0 Å². The minimum atomic E-state index is -0.845. The first-order chi connectivity index (χ1) is 6.62. The monoisotopic (exact) mass is 188 g/mol. The maximum atomic E-state index is 12.6. The minimum absolute atomic E-state index is 0.106. The molecular formula is C11H9FN2. The van der Waals surface area contributed by atoms with Crippen LogP contribution in [0.4, 0.5) is 4.39 Å². The molecular weight excluding hydrogens is 179 g/mol. The number of halogens is 1. The number of nitriles is 2. The molecule has 0 N–H and O–H groups in total. The number of nitrogens with zero attached hydrogens (tertiary/aromatic N) is 2. The van der Waals surface area contributed by atoms with Crippen LogP contribution in [0.2, 0.25) is 0 Å². The third-order valence-corrected chi connectivity index (χ3v) is 2.16. The van der Waals surface area contributed by atoms with Crippen molar-refractivity contribution < 1.29 is 4.39 Å². The lowest BCUT2D eigenvalue weighted by Crippen LogP contribution is -2.18. The fourth-order valence-corrected chi connectivity index (χ4v) is 1.18. The molecule has 14 heavy (non-hydrogen) atoms. The van der Waals surface area contributed by atoms with Gasteiger partial charge in [-0.1, -0.05) is 12.1 Å². The fourth-order valence-electron chi connectivity index (χ4n) is 1.18. The van der Waals surface area contributed by atoms with Crippen LogP contribution < -0.4 is 0 Å². The molecule has 1 aromatic rings. The molecule has 0 bridgehead atoms. The van der Waals surface area contributed by atoms with Gasteiger partial charge in [-0.2, -0.15) is 10.5 Å². The van der Waals surface area contributed by atoms with Gasteiger partial charge < -0.3 is 0 Å². The molecule has 0 amide bonds. The Labute approximate surface area is 82.2 Å². The van der Waals surface area contributed by atoms with E-state index in [-0.39, 0.29) is 12.2 Å². The summed E-state index contributed by atoms with van der Waals surface area (Å²) in [6, 6.07) is 9.69. The van der Waals surface area contributed by atoms with E-state index in [4.69, 9.17) is 10.5 Å². The molecule has 1 aromatic carbocycles. The van der Waals surface area contributed by atoms with Gasteiger partial charge in [0.05, 0.1) is 24.0 Å². The second-order valence-electron chi connectivity index (χ2n) is 3.29. The Bertz CT molecular complexity index is 397. The summed E-state index contributed by atoms with van der Waals surface area (Å²) in [6.07, 6.45) is 0.106. The van der Waals surface area contributed by atoms with Gasteiger partial charge in [0, 0.05) is 0 Å². The molecule has 70 valence electrons. The van der Waals surface area contributed by atoms with E-state index in [2.05, 4.69) is 6.07 Å². The molecule has 0 aliphatic rings. The lowest BCUT2D eigenvalue weighted by atomic mass is 9.81. The van der Waals surface area contributed by atoms with Gasteiger partial charge in [0.2, 0.25) is 0 Å². The number of benzene rings is 1. The first-order valence-corrected chi connectivity index (χ1v) is 4.16. The van der Waals surface area contributed by atoms with Gasteiger partial charge in [0.15, 0.2) is 0 Å². The van der Waals surface area contributed by atoms with E-state index in [1.807, 2.05) is 6.07 Å². The van der Waals surface area contributed by atoms with Crippen molar-refractivity contribution in [3.8, 4) is 12.1 Å². The number of hydrogen-bond acceptors (Lipinski definition) is 2. The Morgan fingerprint density at radius 3 is 2.29 bits per heavy atom. The van der Waals surface area contributed by atoms with E-state index in [1.54, 1.807) is 6.92 Å². The third-order valence-electron chi connectivity index (χ3n) is 2.16. The molecule has 1 atom stereocenters. The second kappa shape index (κ2) is 3.89. The van der Waals surface area contributed by atoms with Gasteiger partial charge in [-0.3, -0.25) is 0 Å². The summed E-state index contributed by atoms with van der Waals surface area (Å²) in [5.74, 6) is -0.342. The Hall–Kier alpha value is -1.87. The highest BCUT2D eigenvalue weighted by molar-refractivity contribution is 5.32. The average Bonchev–Trinajstić information content (AvgIpc) is 2.19. The molecule has 0 aromatic heterocycles. The first kappa shape index (κ1) is 10.2. The number of hydrogen-bond donors (Lipinski definition) is 0. The maximum Gasteiger partial charge on any atom is 0.123 e. The summed E-state index contributed by atoms with van der Waals surface area (Å²) in [6.45, 7) is 1.67. The van der Waals surface area contributed by atoms with Crippen LogP contribution in [-0.4, -0.2) is 0 Å². The van der Waals surface area contributed by atoms with E-state index in [0.29, 0.717) is 5.56 Å². The van der Waals surface area contributed by atoms with Crippen molar-refractivity contribution in [2.75, 3.05) is 0 Å². The fraction of sp³-hybridized carbons (Fsp3) is 0.273. The van der Waals surface area contributed by atoms with E-state index in [9.17, 15) is 4.39 Å². The molecule has 0 aliphatic heterocycles. The van der Waals surface area contributed by atoms with Gasteiger partial charge in [-0.15, -0.1) is 0 Å². The second-order valence-corrected chi connectivity index (χ2v) is 3.29. The van der Waals surface area contributed by atoms with Crippen LogP contribution in [0.3, 0.4) is 0 Å². The Morgan fingerprint density at radius 1 is 1.29 bits per heavy atom. The molecule has 3 heteroatoms. The van der Waals surface area contributed by atoms with E-state index in [1.165, 1.54) is 24.3 Å². The predicted molar refractivity (Wildman–Crippen MR) is 49.6 cm³/mol. The summed E-state index contributed by atoms with van der Waals surface area (Å²) in [5, 5.41) is 17.5. The van der Waals surface area contributed by atoms with Crippen LogP contribution in [0.25, 0.3) is 0 Å². The summed E-state index contributed by atoms with van der Waals surface area (Å²) >= 11 is 0. The number of rotatable bonds is 2. The molecule has 0 fully saturated rings. The zero-order chi connectivity index (χ0) is 10.6. The summed E-state index contributed by atoms with van der Waals surface area (Å²) < 4.78 is 12.6. The average molecular weight is 188 g/mol. The summed E-state index contributed by atoms with van der Waals surface area (Å²) in [4.78, 5) is 0. The largest absolute Gasteiger partial charge is 0.207 e. The molecule has 0 heterocycles. The van der Waals surface area contributed by atoms with E-state index >= 15 is 0 Å². The molecule has 1 unspecified atom stereocenters. The summed E-state index contributed by atoms with van der Waals surface area (Å²) in [7, 11) is 0. The third kappa shape index (κ3) is 1.89. The molecule has 0 aliphatic carbocycles. The molecule has 2 nitrogen and oxygen atoms in total. The lowest BCUT2D eigenvalue weighted by Gasteiger charge is -2.17. The van der Waals surface area contributed by atoms with Crippen molar-refractivity contribution in [1.82, 2.24) is 0 Å². The minimum Gasteiger partial charge on any atom is -0.207 e. The first-order valence-electron chi connectivity index (χ1n) is 4.16. The van der Waals surface area contributed by atoms with Crippen molar-refractivity contribution >= 4 is 0 Å². The Kier molecular flexibility index (Phi) is 2.84. The van der Waals surface area contributed by atoms with Crippen LogP contribution in [0.5, 0.6) is 0 Å². The van der Waals surface area contributed by atoms with Crippen molar-refractivity contribution in [2.24, 2.45) is 0 Å². The molecule has 1 rings (SSSR count). The van der Waals surface area contributed by atoms with Gasteiger partial charge >= 0.3 is 0 Å². The van der Waals surface area contributed by atoms with Crippen LogP contribution in [0, 0.1) is 28.5 Å². The molecule has 0 saturated heterocycles.